The molecule has 0 spiro atoms. The lowest BCUT2D eigenvalue weighted by Crippen LogP contribution is -2.38. The summed E-state index contributed by atoms with van der Waals surface area (Å²) < 4.78 is 1.87. The zero-order chi connectivity index (χ0) is 12.5. The largest absolute Gasteiger partial charge is 0.393 e. The maximum Gasteiger partial charge on any atom is 0.0583 e. The van der Waals surface area contributed by atoms with Crippen LogP contribution >= 0.6 is 0 Å². The van der Waals surface area contributed by atoms with Crippen LogP contribution in [0.2, 0.25) is 0 Å². The van der Waals surface area contributed by atoms with Crippen LogP contribution in [0.1, 0.15) is 37.7 Å². The second-order valence-electron chi connectivity index (χ2n) is 5.86. The Balaban J connectivity index is 1.67. The van der Waals surface area contributed by atoms with Gasteiger partial charge < -0.3 is 5.11 Å². The number of aryl methyl sites for hydroxylation is 1. The summed E-state index contributed by atoms with van der Waals surface area (Å²) in [5, 5.41) is 14.3. The van der Waals surface area contributed by atoms with Crippen molar-refractivity contribution in [3.05, 3.63) is 18.0 Å². The Labute approximate surface area is 109 Å². The summed E-state index contributed by atoms with van der Waals surface area (Å²) in [4.78, 5) is 2.55. The average molecular weight is 249 g/mol. The first-order valence-corrected chi connectivity index (χ1v) is 7.13. The van der Waals surface area contributed by atoms with Gasteiger partial charge in [0.1, 0.15) is 0 Å². The van der Waals surface area contributed by atoms with Gasteiger partial charge >= 0.3 is 0 Å². The fourth-order valence-electron chi connectivity index (χ4n) is 3.74. The van der Waals surface area contributed by atoms with Gasteiger partial charge in [-0.1, -0.05) is 6.42 Å². The predicted molar refractivity (Wildman–Crippen MR) is 70.0 cm³/mol. The van der Waals surface area contributed by atoms with Crippen LogP contribution in [0, 0.1) is 5.92 Å². The standard InChI is InChI=1S/C14H23N3O/c1-16-9-11(8-15-16)10-17-7-3-5-13(17)12-4-2-6-14(12)18/h8-9,12-14,18H,2-7,10H2,1H3. The zero-order valence-corrected chi connectivity index (χ0v) is 11.1. The highest BCUT2D eigenvalue weighted by molar-refractivity contribution is 5.05. The number of aliphatic hydroxyl groups is 1. The molecule has 3 unspecified atom stereocenters. The van der Waals surface area contributed by atoms with Crippen molar-refractivity contribution in [2.75, 3.05) is 6.54 Å². The van der Waals surface area contributed by atoms with E-state index in [-0.39, 0.29) is 6.10 Å². The van der Waals surface area contributed by atoms with E-state index in [4.69, 9.17) is 0 Å². The first-order chi connectivity index (χ1) is 8.74. The SMILES string of the molecule is Cn1cc(CN2CCCC2C2CCCC2O)cn1. The Kier molecular flexibility index (Phi) is 3.39. The molecule has 4 heteroatoms. The molecule has 2 heterocycles. The molecule has 1 aliphatic carbocycles. The molecule has 1 saturated carbocycles. The molecule has 3 atom stereocenters. The van der Waals surface area contributed by atoms with Crippen molar-refractivity contribution in [3.8, 4) is 0 Å². The predicted octanol–water partition coefficient (Wildman–Crippen LogP) is 1.55. The summed E-state index contributed by atoms with van der Waals surface area (Å²) >= 11 is 0. The molecule has 1 aliphatic heterocycles. The van der Waals surface area contributed by atoms with Gasteiger partial charge in [-0.2, -0.15) is 5.10 Å². The molecular formula is C14H23N3O. The first-order valence-electron chi connectivity index (χ1n) is 7.13. The van der Waals surface area contributed by atoms with Crippen molar-refractivity contribution in [3.63, 3.8) is 0 Å². The van der Waals surface area contributed by atoms with Gasteiger partial charge in [-0.3, -0.25) is 9.58 Å². The van der Waals surface area contributed by atoms with Crippen LogP contribution in [-0.4, -0.2) is 38.5 Å². The lowest BCUT2D eigenvalue weighted by Gasteiger charge is -2.30. The molecule has 1 saturated heterocycles. The van der Waals surface area contributed by atoms with E-state index in [0.717, 1.165) is 13.0 Å². The molecular weight excluding hydrogens is 226 g/mol. The van der Waals surface area contributed by atoms with Gasteiger partial charge in [-0.15, -0.1) is 0 Å². The number of rotatable bonds is 3. The minimum Gasteiger partial charge on any atom is -0.393 e. The van der Waals surface area contributed by atoms with Gasteiger partial charge in [0.05, 0.1) is 12.3 Å². The average Bonchev–Trinajstić information content (AvgIpc) is 3.02. The molecule has 0 aromatic carbocycles. The van der Waals surface area contributed by atoms with Crippen LogP contribution in [0.15, 0.2) is 12.4 Å². The lowest BCUT2D eigenvalue weighted by atomic mass is 9.94. The van der Waals surface area contributed by atoms with E-state index in [1.165, 1.54) is 37.8 Å². The number of hydrogen-bond acceptors (Lipinski definition) is 3. The molecule has 4 nitrogen and oxygen atoms in total. The number of aromatic nitrogens is 2. The minimum absolute atomic E-state index is 0.0653. The molecule has 3 rings (SSSR count). The topological polar surface area (TPSA) is 41.3 Å². The zero-order valence-electron chi connectivity index (χ0n) is 11.1. The molecule has 2 aliphatic rings. The van der Waals surface area contributed by atoms with Crippen molar-refractivity contribution in [1.29, 1.82) is 0 Å². The van der Waals surface area contributed by atoms with Crippen LogP contribution in [0.5, 0.6) is 0 Å². The van der Waals surface area contributed by atoms with E-state index in [2.05, 4.69) is 16.2 Å². The van der Waals surface area contributed by atoms with Crippen molar-refractivity contribution in [1.82, 2.24) is 14.7 Å². The number of aliphatic hydroxyl groups excluding tert-OH is 1. The van der Waals surface area contributed by atoms with E-state index in [1.54, 1.807) is 0 Å². The minimum atomic E-state index is -0.0653. The Morgan fingerprint density at radius 3 is 2.89 bits per heavy atom. The van der Waals surface area contributed by atoms with Gasteiger partial charge in [0.15, 0.2) is 0 Å². The summed E-state index contributed by atoms with van der Waals surface area (Å²) in [5.41, 5.74) is 1.29. The summed E-state index contributed by atoms with van der Waals surface area (Å²) in [7, 11) is 1.96. The first kappa shape index (κ1) is 12.2. The van der Waals surface area contributed by atoms with E-state index >= 15 is 0 Å². The molecule has 2 fully saturated rings. The second kappa shape index (κ2) is 5.02. The maximum atomic E-state index is 10.1. The number of nitrogens with zero attached hydrogens (tertiary/aromatic N) is 3. The molecule has 100 valence electrons. The monoisotopic (exact) mass is 249 g/mol. The molecule has 0 radical (unpaired) electrons. The van der Waals surface area contributed by atoms with Crippen molar-refractivity contribution >= 4 is 0 Å². The molecule has 1 N–H and O–H groups in total. The molecule has 1 aromatic heterocycles. The maximum absolute atomic E-state index is 10.1. The van der Waals surface area contributed by atoms with Crippen molar-refractivity contribution in [2.45, 2.75) is 50.8 Å². The third kappa shape index (κ3) is 2.31. The lowest BCUT2D eigenvalue weighted by molar-refractivity contribution is 0.0719. The van der Waals surface area contributed by atoms with Gasteiger partial charge in [0.2, 0.25) is 0 Å². The fraction of sp³-hybridized carbons (Fsp3) is 0.786. The Morgan fingerprint density at radius 1 is 1.33 bits per heavy atom. The Bertz CT molecular complexity index is 403. The highest BCUT2D eigenvalue weighted by atomic mass is 16.3. The van der Waals surface area contributed by atoms with E-state index < -0.39 is 0 Å². The smallest absolute Gasteiger partial charge is 0.0583 e. The number of likely N-dealkylation sites (tertiary alicyclic amines) is 1. The summed E-state index contributed by atoms with van der Waals surface area (Å²) in [6.45, 7) is 2.16. The van der Waals surface area contributed by atoms with Crippen LogP contribution in [0.3, 0.4) is 0 Å². The summed E-state index contributed by atoms with van der Waals surface area (Å²) in [5.74, 6) is 0.504. The van der Waals surface area contributed by atoms with Crippen LogP contribution < -0.4 is 0 Å². The summed E-state index contributed by atoms with van der Waals surface area (Å²) in [6.07, 6.45) is 9.92. The van der Waals surface area contributed by atoms with Crippen molar-refractivity contribution in [2.24, 2.45) is 13.0 Å². The van der Waals surface area contributed by atoms with Crippen molar-refractivity contribution < 1.29 is 5.11 Å². The highest BCUT2D eigenvalue weighted by Gasteiger charge is 2.38. The molecule has 1 aromatic rings. The van der Waals surface area contributed by atoms with E-state index in [0.29, 0.717) is 12.0 Å². The van der Waals surface area contributed by atoms with E-state index in [1.807, 2.05) is 17.9 Å². The fourth-order valence-corrected chi connectivity index (χ4v) is 3.74. The third-order valence-electron chi connectivity index (χ3n) is 4.58. The number of hydrogen-bond donors (Lipinski definition) is 1. The Morgan fingerprint density at radius 2 is 2.22 bits per heavy atom. The highest BCUT2D eigenvalue weighted by Crippen LogP contribution is 2.36. The normalized spacial score (nSPS) is 33.3. The van der Waals surface area contributed by atoms with Crippen LogP contribution in [-0.2, 0) is 13.6 Å². The third-order valence-corrected chi connectivity index (χ3v) is 4.58. The second-order valence-corrected chi connectivity index (χ2v) is 5.86. The van der Waals surface area contributed by atoms with Gasteiger partial charge in [0, 0.05) is 37.3 Å². The molecule has 0 bridgehead atoms. The van der Waals surface area contributed by atoms with E-state index in [9.17, 15) is 5.11 Å². The Hall–Kier alpha value is -0.870. The summed E-state index contributed by atoms with van der Waals surface area (Å²) in [6, 6.07) is 0.586. The van der Waals surface area contributed by atoms with Crippen LogP contribution in [0.25, 0.3) is 0 Å². The van der Waals surface area contributed by atoms with Gasteiger partial charge in [0.25, 0.3) is 0 Å². The quantitative estimate of drug-likeness (QED) is 0.883. The van der Waals surface area contributed by atoms with Crippen LogP contribution in [0.4, 0.5) is 0 Å². The van der Waals surface area contributed by atoms with Gasteiger partial charge in [-0.25, -0.2) is 0 Å². The molecule has 18 heavy (non-hydrogen) atoms. The molecule has 0 amide bonds. The van der Waals surface area contributed by atoms with Gasteiger partial charge in [-0.05, 0) is 32.2 Å².